The molecular weight excluding hydrogens is 522 g/mol. The largest absolute Gasteiger partial charge is 0.457 e. The number of carbonyl (C=O) groups is 1. The predicted molar refractivity (Wildman–Crippen MR) is 110 cm³/mol. The minimum Gasteiger partial charge on any atom is -0.457 e. The van der Waals surface area contributed by atoms with Gasteiger partial charge in [0.1, 0.15) is 11.5 Å². The first-order chi connectivity index (χ1) is 15.4. The quantitative estimate of drug-likeness (QED) is 0.437. The molecule has 0 unspecified atom stereocenters. The van der Waals surface area contributed by atoms with Crippen molar-refractivity contribution in [2.75, 3.05) is 26.2 Å². The Labute approximate surface area is 194 Å². The van der Waals surface area contributed by atoms with E-state index in [1.165, 1.54) is 0 Å². The predicted octanol–water partition coefficient (Wildman–Crippen LogP) is 5.99. The van der Waals surface area contributed by atoms with Crippen LogP contribution in [0.25, 0.3) is 0 Å². The molecule has 0 aliphatic carbocycles. The number of carbonyl (C=O) groups excluding carboxylic acids is 1. The lowest BCUT2D eigenvalue weighted by Crippen LogP contribution is -2.52. The average molecular weight is 541 g/mol. The van der Waals surface area contributed by atoms with Crippen LogP contribution >= 0.6 is 15.9 Å². The molecule has 12 heteroatoms. The highest BCUT2D eigenvalue weighted by Gasteiger charge is 2.60. The van der Waals surface area contributed by atoms with Gasteiger partial charge in [-0.25, -0.2) is 4.79 Å². The van der Waals surface area contributed by atoms with Crippen LogP contribution in [0.3, 0.4) is 0 Å². The number of benzene rings is 2. The number of nitrogens with zero attached hydrogens (tertiary/aromatic N) is 2. The molecule has 0 bridgehead atoms. The highest BCUT2D eigenvalue weighted by Crippen LogP contribution is 2.36. The topological polar surface area (TPSA) is 42.0 Å². The molecule has 3 rings (SSSR count). The number of piperazine rings is 1. The van der Waals surface area contributed by atoms with Crippen molar-refractivity contribution >= 4 is 22.0 Å². The molecule has 0 radical (unpaired) electrons. The lowest BCUT2D eigenvalue weighted by molar-refractivity contribution is -0.308. The second-order valence-electron chi connectivity index (χ2n) is 7.28. The number of para-hydroxylation sites is 1. The van der Waals surface area contributed by atoms with Gasteiger partial charge in [0.2, 0.25) is 0 Å². The summed E-state index contributed by atoms with van der Waals surface area (Å²) in [6, 6.07) is 14.6. The van der Waals surface area contributed by atoms with Crippen molar-refractivity contribution in [2.45, 2.75) is 25.0 Å². The Hall–Kier alpha value is -2.47. The van der Waals surface area contributed by atoms with Crippen LogP contribution in [0.4, 0.5) is 31.1 Å². The SMILES string of the molecule is O=C(OC(C(F)(F)F)C(F)(F)F)N1CCN(Cc2ccc(Br)cc2Oc2ccccc2)CC1. The maximum Gasteiger partial charge on any atom is 0.434 e. The fourth-order valence-electron chi connectivity index (χ4n) is 3.19. The summed E-state index contributed by atoms with van der Waals surface area (Å²) >= 11 is 3.39. The molecular formula is C21H19BrF6N2O3. The molecule has 33 heavy (non-hydrogen) atoms. The average Bonchev–Trinajstić information content (AvgIpc) is 2.73. The number of hydrogen-bond acceptors (Lipinski definition) is 4. The maximum atomic E-state index is 12.6. The van der Waals surface area contributed by atoms with Crippen molar-refractivity contribution in [2.24, 2.45) is 0 Å². The fourth-order valence-corrected chi connectivity index (χ4v) is 3.53. The van der Waals surface area contributed by atoms with Crippen molar-refractivity contribution in [3.63, 3.8) is 0 Å². The van der Waals surface area contributed by atoms with Gasteiger partial charge in [-0.3, -0.25) is 4.90 Å². The van der Waals surface area contributed by atoms with Gasteiger partial charge in [0.25, 0.3) is 6.10 Å². The highest BCUT2D eigenvalue weighted by molar-refractivity contribution is 9.10. The van der Waals surface area contributed by atoms with Crippen LogP contribution in [0.15, 0.2) is 53.0 Å². The summed E-state index contributed by atoms with van der Waals surface area (Å²) in [5.41, 5.74) is 0.826. The molecule has 0 N–H and O–H groups in total. The third kappa shape index (κ3) is 7.00. The molecule has 0 saturated carbocycles. The van der Waals surface area contributed by atoms with Crippen LogP contribution in [0, 0.1) is 0 Å². The van der Waals surface area contributed by atoms with E-state index >= 15 is 0 Å². The van der Waals surface area contributed by atoms with Crippen LogP contribution in [0.1, 0.15) is 5.56 Å². The number of ether oxygens (including phenoxy) is 2. The lowest BCUT2D eigenvalue weighted by Gasteiger charge is -2.35. The van der Waals surface area contributed by atoms with Gasteiger partial charge in [0.15, 0.2) is 0 Å². The second kappa shape index (κ2) is 10.2. The molecule has 1 heterocycles. The summed E-state index contributed by atoms with van der Waals surface area (Å²) in [6.07, 6.45) is -17.3. The van der Waals surface area contributed by atoms with E-state index < -0.39 is 24.5 Å². The molecule has 1 aliphatic rings. The minimum atomic E-state index is -5.74. The Bertz CT molecular complexity index is 933. The van der Waals surface area contributed by atoms with Gasteiger partial charge in [0, 0.05) is 42.8 Å². The summed E-state index contributed by atoms with van der Waals surface area (Å²) in [5, 5.41) is 0. The van der Waals surface area contributed by atoms with E-state index in [-0.39, 0.29) is 26.2 Å². The molecule has 0 spiro atoms. The normalized spacial score (nSPS) is 15.6. The molecule has 2 aromatic rings. The minimum absolute atomic E-state index is 0.0767. The van der Waals surface area contributed by atoms with Crippen LogP contribution < -0.4 is 4.74 Å². The number of halogens is 7. The molecule has 180 valence electrons. The summed E-state index contributed by atoms with van der Waals surface area (Å²) in [7, 11) is 0. The van der Waals surface area contributed by atoms with Crippen molar-refractivity contribution < 1.29 is 40.6 Å². The Balaban J connectivity index is 1.60. The Morgan fingerprint density at radius 3 is 2.12 bits per heavy atom. The van der Waals surface area contributed by atoms with E-state index in [4.69, 9.17) is 4.74 Å². The summed E-state index contributed by atoms with van der Waals surface area (Å²) in [6.45, 7) is 0.725. The van der Waals surface area contributed by atoms with Crippen LogP contribution in [-0.2, 0) is 11.3 Å². The van der Waals surface area contributed by atoms with E-state index in [1.807, 2.05) is 35.2 Å². The first-order valence-corrected chi connectivity index (χ1v) is 10.6. The molecule has 0 atom stereocenters. The first kappa shape index (κ1) is 25.2. The van der Waals surface area contributed by atoms with Crippen LogP contribution in [0.2, 0.25) is 0 Å². The Morgan fingerprint density at radius 2 is 1.55 bits per heavy atom. The van der Waals surface area contributed by atoms with E-state index in [0.717, 1.165) is 14.9 Å². The molecule has 2 aromatic carbocycles. The third-order valence-corrected chi connectivity index (χ3v) is 5.33. The molecule has 1 aliphatic heterocycles. The molecule has 0 aromatic heterocycles. The monoisotopic (exact) mass is 540 g/mol. The van der Waals surface area contributed by atoms with Crippen molar-refractivity contribution in [3.8, 4) is 11.5 Å². The van der Waals surface area contributed by atoms with Crippen molar-refractivity contribution in [1.29, 1.82) is 0 Å². The van der Waals surface area contributed by atoms with Gasteiger partial charge in [-0.05, 0) is 24.3 Å². The Morgan fingerprint density at radius 1 is 0.939 bits per heavy atom. The second-order valence-corrected chi connectivity index (χ2v) is 8.19. The lowest BCUT2D eigenvalue weighted by atomic mass is 10.1. The smallest absolute Gasteiger partial charge is 0.434 e. The van der Waals surface area contributed by atoms with Gasteiger partial charge in [0.05, 0.1) is 0 Å². The molecule has 1 amide bonds. The van der Waals surface area contributed by atoms with Gasteiger partial charge in [-0.15, -0.1) is 0 Å². The zero-order valence-electron chi connectivity index (χ0n) is 17.0. The van der Waals surface area contributed by atoms with E-state index in [2.05, 4.69) is 20.7 Å². The standard InChI is InChI=1S/C21H19BrF6N2O3/c22-15-7-6-14(17(12-15)32-16-4-2-1-3-5-16)13-29-8-10-30(11-9-29)19(31)33-18(20(23,24)25)21(26,27)28/h1-7,12,18H,8-11,13H2. The summed E-state index contributed by atoms with van der Waals surface area (Å²) in [4.78, 5) is 14.7. The summed E-state index contributed by atoms with van der Waals surface area (Å²) in [5.74, 6) is 1.23. The molecule has 5 nitrogen and oxygen atoms in total. The van der Waals surface area contributed by atoms with E-state index in [1.54, 1.807) is 18.2 Å². The zero-order chi connectivity index (χ0) is 24.2. The fraction of sp³-hybridized carbons (Fsp3) is 0.381. The molecule has 1 saturated heterocycles. The van der Waals surface area contributed by atoms with E-state index in [9.17, 15) is 31.1 Å². The number of amides is 1. The number of alkyl halides is 6. The van der Waals surface area contributed by atoms with Gasteiger partial charge in [-0.2, -0.15) is 26.3 Å². The van der Waals surface area contributed by atoms with Crippen molar-refractivity contribution in [1.82, 2.24) is 9.80 Å². The van der Waals surface area contributed by atoms with Gasteiger partial charge >= 0.3 is 18.4 Å². The van der Waals surface area contributed by atoms with Crippen LogP contribution in [-0.4, -0.2) is 60.5 Å². The number of rotatable bonds is 5. The van der Waals surface area contributed by atoms with Crippen LogP contribution in [0.5, 0.6) is 11.5 Å². The first-order valence-electron chi connectivity index (χ1n) is 9.76. The number of hydrogen-bond donors (Lipinski definition) is 0. The van der Waals surface area contributed by atoms with Gasteiger partial charge < -0.3 is 14.4 Å². The zero-order valence-corrected chi connectivity index (χ0v) is 18.6. The maximum absolute atomic E-state index is 12.6. The van der Waals surface area contributed by atoms with Gasteiger partial charge in [-0.1, -0.05) is 40.2 Å². The third-order valence-electron chi connectivity index (χ3n) is 4.84. The summed E-state index contributed by atoms with van der Waals surface area (Å²) < 4.78 is 86.3. The molecule has 1 fully saturated rings. The van der Waals surface area contributed by atoms with Crippen molar-refractivity contribution in [3.05, 3.63) is 58.6 Å². The van der Waals surface area contributed by atoms with E-state index in [0.29, 0.717) is 18.0 Å². The Kier molecular flexibility index (Phi) is 7.78. The highest BCUT2D eigenvalue weighted by atomic mass is 79.9.